The van der Waals surface area contributed by atoms with E-state index in [2.05, 4.69) is 81.3 Å². The van der Waals surface area contributed by atoms with E-state index in [9.17, 15) is 45.5 Å². The number of carbonyl (C=O) groups excluding carboxylic acids is 4. The number of imidazole rings is 2. The van der Waals surface area contributed by atoms with Crippen LogP contribution < -0.4 is 10.6 Å². The summed E-state index contributed by atoms with van der Waals surface area (Å²) in [6, 6.07) is 22.5. The lowest BCUT2D eigenvalue weighted by Gasteiger charge is -2.37. The molecule has 6 aromatic rings. The van der Waals surface area contributed by atoms with E-state index in [1.54, 1.807) is 27.7 Å². The number of hydrogen-bond acceptors (Lipinski definition) is 8. The Labute approximate surface area is 497 Å². The molecular weight excluding hydrogens is 1110 g/mol. The van der Waals surface area contributed by atoms with E-state index in [0.29, 0.717) is 24.5 Å². The number of likely N-dealkylation sites (tertiary alicyclic amines) is 2. The highest BCUT2D eigenvalue weighted by Gasteiger charge is 2.54. The zero-order chi connectivity index (χ0) is 61.4. The molecule has 1 unspecified atom stereocenters. The summed E-state index contributed by atoms with van der Waals surface area (Å²) in [4.78, 5) is 76.5. The topological polar surface area (TPSA) is 175 Å². The first-order valence-electron chi connectivity index (χ1n) is 30.6. The molecule has 4 bridgehead atoms. The highest BCUT2D eigenvalue weighted by atomic mass is 19.4. The second-order valence-electron chi connectivity index (χ2n) is 26.4. The average molecular weight is 1190 g/mol. The molecule has 8 atom stereocenters. The zero-order valence-corrected chi connectivity index (χ0v) is 50.1. The van der Waals surface area contributed by atoms with Crippen molar-refractivity contribution in [3.63, 3.8) is 0 Å². The Balaban J connectivity index is 0.824. The average Bonchev–Trinajstić information content (AvgIpc) is 1.89. The van der Waals surface area contributed by atoms with Crippen molar-refractivity contribution < 1.29 is 55.0 Å². The van der Waals surface area contributed by atoms with Crippen LogP contribution in [0.4, 0.5) is 35.9 Å². The number of halogens is 6. The summed E-state index contributed by atoms with van der Waals surface area (Å²) >= 11 is 0. The maximum Gasteiger partial charge on any atom is 0.427 e. The first-order chi connectivity index (χ1) is 40.6. The monoisotopic (exact) mass is 1190 g/mol. The molecule has 0 spiro atoms. The molecule has 4 heterocycles. The fourth-order valence-corrected chi connectivity index (χ4v) is 14.1. The quantitative estimate of drug-likeness (QED) is 0.0876. The molecule has 8 aliphatic rings. The number of aryl methyl sites for hydroxylation is 4. The van der Waals surface area contributed by atoms with E-state index in [4.69, 9.17) is 19.4 Å². The van der Waals surface area contributed by atoms with Crippen LogP contribution in [0.3, 0.4) is 0 Å². The molecule has 0 radical (unpaired) electrons. The SMILES string of the molecule is CC(C)[C@H](NC(=O)OC(C)(C)C(F)(F)F)C(=O)N1C(c2nc3ccc(-c4cc5ccc4CCc4ccc(c(-c6ccc7nc([C@@H]8C[C@@H]9CCCC[C@@H]9N8C(=O)[C@@H](NC(=O)OC(C)(C)C(F)(F)F)C(C)C)[nH]c7c6)c4)CC5)cc3[nH]2)C[C@@H]2CCCC[C@@H]21. The number of ether oxygens (including phenoxy) is 2. The van der Waals surface area contributed by atoms with E-state index in [1.807, 2.05) is 21.9 Å². The fourth-order valence-electron chi connectivity index (χ4n) is 14.1. The summed E-state index contributed by atoms with van der Waals surface area (Å²) in [5, 5.41) is 5.01. The number of aromatic nitrogens is 4. The van der Waals surface area contributed by atoms with Crippen molar-refractivity contribution in [1.29, 1.82) is 0 Å². The van der Waals surface area contributed by atoms with Crippen LogP contribution in [0.5, 0.6) is 0 Å². The van der Waals surface area contributed by atoms with Crippen molar-refractivity contribution in [3.8, 4) is 22.3 Å². The molecule has 14 nitrogen and oxygen atoms in total. The number of fused-ring (bicyclic) bond motifs is 4. The summed E-state index contributed by atoms with van der Waals surface area (Å²) < 4.78 is 92.0. The minimum atomic E-state index is -4.81. The van der Waals surface area contributed by atoms with Crippen LogP contribution in [0.15, 0.2) is 72.8 Å². The molecule has 2 saturated heterocycles. The van der Waals surface area contributed by atoms with Gasteiger partial charge in [0.15, 0.2) is 0 Å². The van der Waals surface area contributed by atoms with Gasteiger partial charge in [0.05, 0.1) is 34.2 Å². The normalized spacial score (nSPS) is 22.6. The van der Waals surface area contributed by atoms with Gasteiger partial charge in [-0.05, 0) is 184 Å². The first-order valence-corrected chi connectivity index (χ1v) is 30.6. The minimum Gasteiger partial charge on any atom is -0.434 e. The van der Waals surface area contributed by atoms with Crippen LogP contribution in [0.25, 0.3) is 44.3 Å². The summed E-state index contributed by atoms with van der Waals surface area (Å²) in [5.41, 5.74) is 6.60. The number of nitrogens with zero attached hydrogens (tertiary/aromatic N) is 4. The lowest BCUT2D eigenvalue weighted by Crippen LogP contribution is -2.55. The Morgan fingerprint density at radius 2 is 0.919 bits per heavy atom. The number of H-pyrrole nitrogens is 2. The molecule has 20 heteroatoms. The van der Waals surface area contributed by atoms with E-state index in [0.717, 1.165) is 149 Å². The lowest BCUT2D eigenvalue weighted by atomic mass is 9.84. The molecule has 4 fully saturated rings. The number of amides is 4. The number of alkyl halides is 6. The summed E-state index contributed by atoms with van der Waals surface area (Å²) in [6.07, 6.45) is -0.497. The van der Waals surface area contributed by atoms with E-state index >= 15 is 0 Å². The van der Waals surface area contributed by atoms with E-state index in [1.165, 1.54) is 22.3 Å². The molecular formula is C66H78F6N8O6. The van der Waals surface area contributed by atoms with Gasteiger partial charge in [-0.15, -0.1) is 0 Å². The number of hydrogen-bond donors (Lipinski definition) is 4. The molecule has 4 N–H and O–H groups in total. The molecule has 2 aliphatic heterocycles. The second kappa shape index (κ2) is 23.2. The number of benzene rings is 4. The lowest BCUT2D eigenvalue weighted by molar-refractivity contribution is -0.244. The van der Waals surface area contributed by atoms with Gasteiger partial charge in [0.1, 0.15) is 23.7 Å². The van der Waals surface area contributed by atoms with Crippen LogP contribution in [0, 0.1) is 23.7 Å². The molecule has 4 amide bonds. The van der Waals surface area contributed by atoms with E-state index < -0.39 is 71.7 Å². The summed E-state index contributed by atoms with van der Waals surface area (Å²) in [7, 11) is 0. The Morgan fingerprint density at radius 1 is 0.535 bits per heavy atom. The number of rotatable bonds is 12. The van der Waals surface area contributed by atoms with Crippen molar-refractivity contribution in [2.24, 2.45) is 23.7 Å². The Hall–Kier alpha value is -7.12. The maximum absolute atomic E-state index is 14.7. The Kier molecular flexibility index (Phi) is 16.3. The smallest absolute Gasteiger partial charge is 0.427 e. The second-order valence-corrected chi connectivity index (χ2v) is 26.4. The highest BCUT2D eigenvalue weighted by Crippen LogP contribution is 2.49. The number of nitrogens with one attached hydrogen (secondary N) is 4. The number of aromatic amines is 2. The third-order valence-electron chi connectivity index (χ3n) is 19.1. The van der Waals surface area contributed by atoms with Gasteiger partial charge in [-0.25, -0.2) is 19.6 Å². The van der Waals surface area contributed by atoms with Crippen molar-refractivity contribution in [2.45, 2.75) is 205 Å². The van der Waals surface area contributed by atoms with Crippen LogP contribution >= 0.6 is 0 Å². The molecule has 2 aromatic heterocycles. The van der Waals surface area contributed by atoms with Crippen molar-refractivity contribution in [1.82, 2.24) is 40.4 Å². The third kappa shape index (κ3) is 11.9. The summed E-state index contributed by atoms with van der Waals surface area (Å²) in [5.74, 6) is 0.0288. The first kappa shape index (κ1) is 60.6. The largest absolute Gasteiger partial charge is 0.434 e. The molecule has 14 rings (SSSR count). The van der Waals surface area contributed by atoms with Gasteiger partial charge >= 0.3 is 24.5 Å². The van der Waals surface area contributed by atoms with E-state index in [-0.39, 0.29) is 35.7 Å². The Morgan fingerprint density at radius 3 is 1.29 bits per heavy atom. The van der Waals surface area contributed by atoms with Crippen LogP contribution in [-0.4, -0.2) is 101 Å². The van der Waals surface area contributed by atoms with Crippen LogP contribution in [-0.2, 0) is 44.7 Å². The van der Waals surface area contributed by atoms with Crippen LogP contribution in [0.1, 0.15) is 166 Å². The molecule has 6 aliphatic carbocycles. The molecule has 460 valence electrons. The van der Waals surface area contributed by atoms with Crippen LogP contribution in [0.2, 0.25) is 0 Å². The Bertz CT molecular complexity index is 3320. The number of carbonyl (C=O) groups is 4. The van der Waals surface area contributed by atoms with Gasteiger partial charge < -0.3 is 39.9 Å². The van der Waals surface area contributed by atoms with Gasteiger partial charge in [0, 0.05) is 12.1 Å². The van der Waals surface area contributed by atoms with Gasteiger partial charge in [-0.1, -0.05) is 102 Å². The van der Waals surface area contributed by atoms with Gasteiger partial charge in [0.2, 0.25) is 23.0 Å². The zero-order valence-electron chi connectivity index (χ0n) is 50.1. The predicted octanol–water partition coefficient (Wildman–Crippen LogP) is 14.5. The van der Waals surface area contributed by atoms with Gasteiger partial charge in [-0.3, -0.25) is 9.59 Å². The van der Waals surface area contributed by atoms with Crippen molar-refractivity contribution in [2.75, 3.05) is 0 Å². The van der Waals surface area contributed by atoms with Gasteiger partial charge in [0.25, 0.3) is 0 Å². The van der Waals surface area contributed by atoms with Gasteiger partial charge in [-0.2, -0.15) is 26.3 Å². The standard InChI is InChI=1S/C66H78F6N8O6/c1-35(2)55(77-61(83)85-63(5,6)65(67,68)69)59(81)79-51-15-11-9-13-43(51)33-53(79)57-73-47-27-25-41(31-49(47)75-57)45-29-37-17-21-39(45)23-19-38-18-22-40(24-20-37)46(30-38)42-26-28-48-50(32-42)76-58(74-48)54-34-44-14-10-12-16-52(44)80(54)60(82)56(36(3)4)78-62(84)86-64(7,8)66(70,71)72/h17-18,21-22,25-32,35-36,43-44,51-56H,9-16,19-20,23-24,33-34H2,1-8H3,(H,73,75)(H,74,76)(H,77,83)(H,78,84)/t43-,44-,51-,52-,53-,54?,55-,56-/m0/s1. The summed E-state index contributed by atoms with van der Waals surface area (Å²) in [6.45, 7) is 10.1. The molecule has 2 saturated carbocycles. The maximum atomic E-state index is 14.7. The highest BCUT2D eigenvalue weighted by molar-refractivity contribution is 5.89. The predicted molar refractivity (Wildman–Crippen MR) is 315 cm³/mol. The third-order valence-corrected chi connectivity index (χ3v) is 19.1. The van der Waals surface area contributed by atoms with Crippen molar-refractivity contribution in [3.05, 3.63) is 107 Å². The fraction of sp³-hybridized carbons (Fsp3) is 0.545. The minimum absolute atomic E-state index is 0.111. The molecule has 4 aromatic carbocycles. The molecule has 86 heavy (non-hydrogen) atoms. The van der Waals surface area contributed by atoms with Crippen molar-refractivity contribution >= 4 is 46.1 Å². The number of alkyl carbamates (subject to hydrolysis) is 2.